The molecule has 0 saturated heterocycles. The average Bonchev–Trinajstić information content (AvgIpc) is 2.80. The van der Waals surface area contributed by atoms with E-state index in [-0.39, 0.29) is 0 Å². The van der Waals surface area contributed by atoms with Gasteiger partial charge in [0, 0.05) is 10.5 Å². The number of nitrogen functional groups attached to an aromatic ring is 1. The summed E-state index contributed by atoms with van der Waals surface area (Å²) in [6, 6.07) is 6.69. The molecule has 18 heavy (non-hydrogen) atoms. The number of hydrogen-bond donors (Lipinski definition) is 1. The van der Waals surface area contributed by atoms with Crippen LogP contribution in [0.25, 0.3) is 11.0 Å². The minimum atomic E-state index is 0.492. The second-order valence-electron chi connectivity index (χ2n) is 5.45. The monoisotopic (exact) mass is 307 g/mol. The van der Waals surface area contributed by atoms with Gasteiger partial charge < -0.3 is 10.3 Å². The lowest BCUT2D eigenvalue weighted by Gasteiger charge is -2.21. The molecule has 2 N–H and O–H groups in total. The standard InChI is InChI=1S/C14H18BrN3/c1-8-3-5-12(9(8)2)18-13-6-4-10(15)7-11(13)17-14(18)16/h4,6-9,12H,3,5H2,1-2H3,(H2,16,17). The Labute approximate surface area is 116 Å². The van der Waals surface area contributed by atoms with E-state index < -0.39 is 0 Å². The van der Waals surface area contributed by atoms with Crippen LogP contribution in [0, 0.1) is 11.8 Å². The molecule has 0 spiro atoms. The van der Waals surface area contributed by atoms with Crippen molar-refractivity contribution >= 4 is 32.9 Å². The topological polar surface area (TPSA) is 43.8 Å². The Morgan fingerprint density at radius 2 is 2.11 bits per heavy atom. The van der Waals surface area contributed by atoms with Gasteiger partial charge in [-0.05, 0) is 42.9 Å². The molecule has 96 valence electrons. The molecule has 3 atom stereocenters. The summed E-state index contributed by atoms with van der Waals surface area (Å²) in [6.45, 7) is 4.66. The maximum absolute atomic E-state index is 6.13. The van der Waals surface area contributed by atoms with Crippen LogP contribution in [0.2, 0.25) is 0 Å². The summed E-state index contributed by atoms with van der Waals surface area (Å²) < 4.78 is 3.28. The fraction of sp³-hybridized carbons (Fsp3) is 0.500. The Hall–Kier alpha value is -1.03. The third-order valence-electron chi connectivity index (χ3n) is 4.43. The first-order valence-corrected chi connectivity index (χ1v) is 7.30. The SMILES string of the molecule is CC1CCC(n2c(N)nc3cc(Br)ccc32)C1C. The van der Waals surface area contributed by atoms with E-state index in [9.17, 15) is 0 Å². The highest BCUT2D eigenvalue weighted by molar-refractivity contribution is 9.10. The van der Waals surface area contributed by atoms with Gasteiger partial charge in [0.25, 0.3) is 0 Å². The van der Waals surface area contributed by atoms with Crippen LogP contribution in [0.1, 0.15) is 32.7 Å². The first-order valence-electron chi connectivity index (χ1n) is 6.51. The maximum atomic E-state index is 6.13. The zero-order valence-electron chi connectivity index (χ0n) is 10.7. The summed E-state index contributed by atoms with van der Waals surface area (Å²) in [7, 11) is 0. The van der Waals surface area contributed by atoms with Crippen molar-refractivity contribution < 1.29 is 0 Å². The molecule has 0 amide bonds. The molecule has 1 aromatic heterocycles. The summed E-state index contributed by atoms with van der Waals surface area (Å²) in [6.07, 6.45) is 2.48. The van der Waals surface area contributed by atoms with Crippen LogP contribution in [-0.2, 0) is 0 Å². The van der Waals surface area contributed by atoms with Gasteiger partial charge in [-0.1, -0.05) is 29.8 Å². The predicted octanol–water partition coefficient (Wildman–Crippen LogP) is 3.99. The lowest BCUT2D eigenvalue weighted by atomic mass is 9.97. The summed E-state index contributed by atoms with van der Waals surface area (Å²) in [5.74, 6) is 2.07. The molecule has 0 bridgehead atoms. The molecule has 3 rings (SSSR count). The third-order valence-corrected chi connectivity index (χ3v) is 4.93. The Kier molecular flexibility index (Phi) is 2.85. The van der Waals surface area contributed by atoms with Crippen LogP contribution in [0.15, 0.2) is 22.7 Å². The fourth-order valence-electron chi connectivity index (χ4n) is 3.14. The van der Waals surface area contributed by atoms with Gasteiger partial charge in [-0.25, -0.2) is 4.98 Å². The van der Waals surface area contributed by atoms with Gasteiger partial charge in [0.15, 0.2) is 0 Å². The zero-order chi connectivity index (χ0) is 12.9. The van der Waals surface area contributed by atoms with Crippen LogP contribution in [0.5, 0.6) is 0 Å². The largest absolute Gasteiger partial charge is 0.369 e. The third kappa shape index (κ3) is 1.74. The average molecular weight is 308 g/mol. The molecule has 2 aromatic rings. The highest BCUT2D eigenvalue weighted by atomic mass is 79.9. The highest BCUT2D eigenvalue weighted by Gasteiger charge is 2.32. The van der Waals surface area contributed by atoms with Gasteiger partial charge >= 0.3 is 0 Å². The molecular formula is C14H18BrN3. The van der Waals surface area contributed by atoms with Gasteiger partial charge in [0.1, 0.15) is 0 Å². The number of benzene rings is 1. The van der Waals surface area contributed by atoms with Gasteiger partial charge in [0.05, 0.1) is 11.0 Å². The van der Waals surface area contributed by atoms with Crippen LogP contribution in [0.4, 0.5) is 5.95 Å². The van der Waals surface area contributed by atoms with Crippen molar-refractivity contribution in [1.29, 1.82) is 0 Å². The number of nitrogens with two attached hydrogens (primary N) is 1. The number of aromatic nitrogens is 2. The lowest BCUT2D eigenvalue weighted by molar-refractivity contribution is 0.361. The molecular weight excluding hydrogens is 290 g/mol. The summed E-state index contributed by atoms with van der Waals surface area (Å²) in [4.78, 5) is 4.49. The zero-order valence-corrected chi connectivity index (χ0v) is 12.3. The van der Waals surface area contributed by atoms with Crippen LogP contribution in [-0.4, -0.2) is 9.55 Å². The lowest BCUT2D eigenvalue weighted by Crippen LogP contribution is -2.16. The number of rotatable bonds is 1. The van der Waals surface area contributed by atoms with E-state index in [4.69, 9.17) is 5.73 Å². The maximum Gasteiger partial charge on any atom is 0.201 e. The van der Waals surface area contributed by atoms with Gasteiger partial charge in [-0.15, -0.1) is 0 Å². The number of imidazole rings is 1. The summed E-state index contributed by atoms with van der Waals surface area (Å²) in [5, 5.41) is 0. The molecule has 1 aromatic carbocycles. The second kappa shape index (κ2) is 4.26. The van der Waals surface area contributed by atoms with Crippen molar-refractivity contribution in [2.24, 2.45) is 11.8 Å². The van der Waals surface area contributed by atoms with Crippen molar-refractivity contribution in [3.05, 3.63) is 22.7 Å². The molecule has 1 saturated carbocycles. The van der Waals surface area contributed by atoms with Crippen molar-refractivity contribution in [2.45, 2.75) is 32.7 Å². The number of nitrogens with zero attached hydrogens (tertiary/aromatic N) is 2. The second-order valence-corrected chi connectivity index (χ2v) is 6.37. The summed E-state index contributed by atoms with van der Waals surface area (Å²) >= 11 is 3.48. The van der Waals surface area contributed by atoms with Crippen molar-refractivity contribution in [3.8, 4) is 0 Å². The van der Waals surface area contributed by atoms with Crippen LogP contribution in [0.3, 0.4) is 0 Å². The van der Waals surface area contributed by atoms with E-state index >= 15 is 0 Å². The van der Waals surface area contributed by atoms with E-state index in [1.54, 1.807) is 0 Å². The smallest absolute Gasteiger partial charge is 0.201 e. The minimum Gasteiger partial charge on any atom is -0.369 e. The van der Waals surface area contributed by atoms with E-state index in [0.29, 0.717) is 17.9 Å². The number of fused-ring (bicyclic) bond motifs is 1. The summed E-state index contributed by atoms with van der Waals surface area (Å²) in [5.41, 5.74) is 8.26. The number of hydrogen-bond acceptors (Lipinski definition) is 2. The Morgan fingerprint density at radius 3 is 2.78 bits per heavy atom. The molecule has 1 aliphatic carbocycles. The molecule has 3 unspecified atom stereocenters. The normalized spacial score (nSPS) is 28.1. The van der Waals surface area contributed by atoms with Crippen molar-refractivity contribution in [2.75, 3.05) is 5.73 Å². The fourth-order valence-corrected chi connectivity index (χ4v) is 3.49. The Bertz CT molecular complexity index is 590. The van der Waals surface area contributed by atoms with Crippen LogP contribution < -0.4 is 5.73 Å². The first kappa shape index (κ1) is 12.0. The Balaban J connectivity index is 2.14. The molecule has 0 aliphatic heterocycles. The molecule has 1 fully saturated rings. The molecule has 1 aliphatic rings. The van der Waals surface area contributed by atoms with Gasteiger partial charge in [0.2, 0.25) is 5.95 Å². The van der Waals surface area contributed by atoms with Gasteiger partial charge in [-0.3, -0.25) is 0 Å². The Morgan fingerprint density at radius 1 is 1.33 bits per heavy atom. The van der Waals surface area contributed by atoms with E-state index in [0.717, 1.165) is 21.4 Å². The van der Waals surface area contributed by atoms with Gasteiger partial charge in [-0.2, -0.15) is 0 Å². The van der Waals surface area contributed by atoms with Crippen molar-refractivity contribution in [3.63, 3.8) is 0 Å². The highest BCUT2D eigenvalue weighted by Crippen LogP contribution is 2.42. The van der Waals surface area contributed by atoms with Crippen molar-refractivity contribution in [1.82, 2.24) is 9.55 Å². The number of anilines is 1. The molecule has 1 heterocycles. The van der Waals surface area contributed by atoms with Crippen LogP contribution >= 0.6 is 15.9 Å². The minimum absolute atomic E-state index is 0.492. The predicted molar refractivity (Wildman–Crippen MR) is 78.4 cm³/mol. The molecule has 4 heteroatoms. The number of halogens is 1. The quantitative estimate of drug-likeness (QED) is 0.865. The first-order chi connectivity index (χ1) is 8.58. The molecule has 0 radical (unpaired) electrons. The van der Waals surface area contributed by atoms with E-state index in [2.05, 4.69) is 51.5 Å². The van der Waals surface area contributed by atoms with E-state index in [1.807, 2.05) is 6.07 Å². The van der Waals surface area contributed by atoms with E-state index in [1.165, 1.54) is 12.8 Å². The molecule has 3 nitrogen and oxygen atoms in total.